The summed E-state index contributed by atoms with van der Waals surface area (Å²) in [7, 11) is 0. The van der Waals surface area contributed by atoms with E-state index in [0.717, 1.165) is 44.4 Å². The Morgan fingerprint density at radius 3 is 2.65 bits per heavy atom. The maximum Gasteiger partial charge on any atom is 0.234 e. The lowest BCUT2D eigenvalue weighted by Crippen LogP contribution is -2.51. The van der Waals surface area contributed by atoms with Crippen molar-refractivity contribution in [2.45, 2.75) is 50.6 Å². The Morgan fingerprint density at radius 1 is 1.16 bits per heavy atom. The number of hydrogen-bond acceptors (Lipinski definition) is 5. The number of likely N-dealkylation sites (tertiary alicyclic amines) is 2. The van der Waals surface area contributed by atoms with Crippen molar-refractivity contribution in [1.29, 1.82) is 0 Å². The van der Waals surface area contributed by atoms with Crippen molar-refractivity contribution in [3.8, 4) is 11.3 Å². The van der Waals surface area contributed by atoms with Crippen LogP contribution >= 0.6 is 0 Å². The first-order valence-corrected chi connectivity index (χ1v) is 10.7. The van der Waals surface area contributed by atoms with Crippen LogP contribution in [0.4, 0.5) is 8.78 Å². The van der Waals surface area contributed by atoms with Crippen LogP contribution in [-0.2, 0) is 16.0 Å². The second kappa shape index (κ2) is 9.13. The van der Waals surface area contributed by atoms with Crippen LogP contribution in [0.25, 0.3) is 11.3 Å². The van der Waals surface area contributed by atoms with Crippen LogP contribution in [0.1, 0.15) is 38.0 Å². The first-order valence-electron chi connectivity index (χ1n) is 10.7. The first-order chi connectivity index (χ1) is 14.9. The number of aryl methyl sites for hydroxylation is 1. The number of rotatable bonds is 6. The smallest absolute Gasteiger partial charge is 0.234 e. The van der Waals surface area contributed by atoms with E-state index in [9.17, 15) is 18.4 Å². The fourth-order valence-electron chi connectivity index (χ4n) is 4.59. The van der Waals surface area contributed by atoms with Crippen LogP contribution in [0.3, 0.4) is 0 Å². The summed E-state index contributed by atoms with van der Waals surface area (Å²) in [6.45, 7) is 2.17. The molecule has 0 bridgehead atoms. The van der Waals surface area contributed by atoms with Crippen molar-refractivity contribution in [3.05, 3.63) is 41.9 Å². The van der Waals surface area contributed by atoms with E-state index in [-0.39, 0.29) is 41.6 Å². The molecule has 2 aliphatic rings. The lowest BCUT2D eigenvalue weighted by atomic mass is 10.0. The number of carbonyl (C=O) groups is 2. The van der Waals surface area contributed by atoms with Gasteiger partial charge in [0.2, 0.25) is 11.8 Å². The zero-order valence-corrected chi connectivity index (χ0v) is 17.2. The topological polar surface area (TPSA) is 92.7 Å². The highest BCUT2D eigenvalue weighted by atomic mass is 19.1. The molecule has 31 heavy (non-hydrogen) atoms. The summed E-state index contributed by atoms with van der Waals surface area (Å²) in [5.41, 5.74) is 5.65. The molecule has 2 aliphatic heterocycles. The van der Waals surface area contributed by atoms with Crippen molar-refractivity contribution in [3.63, 3.8) is 0 Å². The predicted octanol–water partition coefficient (Wildman–Crippen LogP) is 2.49. The molecule has 2 amide bonds. The Hall–Kier alpha value is -2.81. The lowest BCUT2D eigenvalue weighted by Gasteiger charge is -2.38. The highest BCUT2D eigenvalue weighted by molar-refractivity contribution is 5.80. The standard InChI is InChI=1S/C22H26F2N4O3/c23-14-3-4-16(17(24)12-14)19-13-26-20(31-19)5-6-21(29)27-10-7-15(8-11-27)28-9-1-2-18(28)22(25)30/h3-4,12-13,15,18H,1-2,5-11H2,(H2,25,30)/t18-/m0/s1. The van der Waals surface area contributed by atoms with Gasteiger partial charge in [0.25, 0.3) is 0 Å². The van der Waals surface area contributed by atoms with Gasteiger partial charge in [0.05, 0.1) is 17.8 Å². The molecular formula is C22H26F2N4O3. The maximum absolute atomic E-state index is 13.9. The molecule has 0 saturated carbocycles. The Morgan fingerprint density at radius 2 is 1.94 bits per heavy atom. The molecule has 2 aromatic rings. The fraction of sp³-hybridized carbons (Fsp3) is 0.500. The lowest BCUT2D eigenvalue weighted by molar-refractivity contribution is -0.133. The number of amides is 2. The van der Waals surface area contributed by atoms with Gasteiger partial charge < -0.3 is 15.1 Å². The summed E-state index contributed by atoms with van der Waals surface area (Å²) in [4.78, 5) is 32.4. The van der Waals surface area contributed by atoms with Gasteiger partial charge in [0.15, 0.2) is 11.7 Å². The summed E-state index contributed by atoms with van der Waals surface area (Å²) in [5, 5.41) is 0. The maximum atomic E-state index is 13.9. The second-order valence-corrected chi connectivity index (χ2v) is 8.15. The molecule has 1 aromatic carbocycles. The van der Waals surface area contributed by atoms with Crippen molar-refractivity contribution < 1.29 is 22.8 Å². The van der Waals surface area contributed by atoms with E-state index in [1.807, 2.05) is 4.90 Å². The molecule has 2 saturated heterocycles. The monoisotopic (exact) mass is 432 g/mol. The summed E-state index contributed by atoms with van der Waals surface area (Å²) in [6.07, 6.45) is 5.36. The number of halogens is 2. The van der Waals surface area contributed by atoms with Gasteiger partial charge in [-0.3, -0.25) is 14.5 Å². The van der Waals surface area contributed by atoms with Crippen LogP contribution in [0.5, 0.6) is 0 Å². The molecule has 2 fully saturated rings. The van der Waals surface area contributed by atoms with Crippen LogP contribution in [0.15, 0.2) is 28.8 Å². The van der Waals surface area contributed by atoms with Crippen molar-refractivity contribution in [2.75, 3.05) is 19.6 Å². The first kappa shape index (κ1) is 21.4. The van der Waals surface area contributed by atoms with Gasteiger partial charge in [-0.2, -0.15) is 0 Å². The average molecular weight is 432 g/mol. The van der Waals surface area contributed by atoms with Crippen molar-refractivity contribution in [2.24, 2.45) is 5.73 Å². The molecule has 0 unspecified atom stereocenters. The molecule has 3 heterocycles. The van der Waals surface area contributed by atoms with E-state index < -0.39 is 11.6 Å². The van der Waals surface area contributed by atoms with E-state index in [1.54, 1.807) is 0 Å². The van der Waals surface area contributed by atoms with E-state index >= 15 is 0 Å². The summed E-state index contributed by atoms with van der Waals surface area (Å²) >= 11 is 0. The third kappa shape index (κ3) is 4.76. The average Bonchev–Trinajstić information content (AvgIpc) is 3.42. The van der Waals surface area contributed by atoms with Gasteiger partial charge in [-0.25, -0.2) is 13.8 Å². The quantitative estimate of drug-likeness (QED) is 0.757. The predicted molar refractivity (Wildman–Crippen MR) is 109 cm³/mol. The molecule has 166 valence electrons. The van der Waals surface area contributed by atoms with Gasteiger partial charge in [-0.15, -0.1) is 0 Å². The Balaban J connectivity index is 1.27. The van der Waals surface area contributed by atoms with Crippen molar-refractivity contribution >= 4 is 11.8 Å². The summed E-state index contributed by atoms with van der Waals surface area (Å²) in [6, 6.07) is 3.34. The van der Waals surface area contributed by atoms with E-state index in [0.29, 0.717) is 25.4 Å². The molecule has 4 rings (SSSR count). The van der Waals surface area contributed by atoms with Crippen LogP contribution < -0.4 is 5.73 Å². The van der Waals surface area contributed by atoms with E-state index in [1.165, 1.54) is 12.3 Å². The number of nitrogens with zero attached hydrogens (tertiary/aromatic N) is 3. The molecule has 0 spiro atoms. The number of nitrogens with two attached hydrogens (primary N) is 1. The molecule has 0 aliphatic carbocycles. The number of oxazole rings is 1. The number of carbonyl (C=O) groups excluding carboxylic acids is 2. The Bertz CT molecular complexity index is 956. The SMILES string of the molecule is NC(=O)[C@@H]1CCCN1C1CCN(C(=O)CCc2ncc(-c3ccc(F)cc3F)o2)CC1. The molecule has 2 N–H and O–H groups in total. The van der Waals surface area contributed by atoms with E-state index in [2.05, 4.69) is 9.88 Å². The van der Waals surface area contributed by atoms with Crippen molar-refractivity contribution in [1.82, 2.24) is 14.8 Å². The number of benzene rings is 1. The second-order valence-electron chi connectivity index (χ2n) is 8.15. The van der Waals surface area contributed by atoms with Crippen LogP contribution in [0, 0.1) is 11.6 Å². The molecule has 7 nitrogen and oxygen atoms in total. The Kier molecular flexibility index (Phi) is 6.31. The molecule has 1 atom stereocenters. The number of hydrogen-bond donors (Lipinski definition) is 1. The largest absolute Gasteiger partial charge is 0.441 e. The van der Waals surface area contributed by atoms with Gasteiger partial charge in [-0.05, 0) is 44.4 Å². The molecule has 1 aromatic heterocycles. The normalized spacial score (nSPS) is 20.3. The van der Waals surface area contributed by atoms with Gasteiger partial charge in [-0.1, -0.05) is 0 Å². The minimum absolute atomic E-state index is 0.0130. The Labute approximate surface area is 179 Å². The minimum atomic E-state index is -0.724. The number of piperidine rings is 1. The minimum Gasteiger partial charge on any atom is -0.441 e. The highest BCUT2D eigenvalue weighted by Gasteiger charge is 2.36. The zero-order chi connectivity index (χ0) is 22.0. The summed E-state index contributed by atoms with van der Waals surface area (Å²) in [5.74, 6) is -1.09. The van der Waals surface area contributed by atoms with Gasteiger partial charge in [0.1, 0.15) is 11.6 Å². The number of aromatic nitrogens is 1. The molecule has 9 heteroatoms. The third-order valence-corrected chi connectivity index (χ3v) is 6.21. The number of primary amides is 1. The van der Waals surface area contributed by atoms with Gasteiger partial charge in [0, 0.05) is 38.0 Å². The van der Waals surface area contributed by atoms with E-state index in [4.69, 9.17) is 10.2 Å². The van der Waals surface area contributed by atoms with Crippen LogP contribution in [0.2, 0.25) is 0 Å². The van der Waals surface area contributed by atoms with Gasteiger partial charge >= 0.3 is 0 Å². The van der Waals surface area contributed by atoms with Crippen LogP contribution in [-0.4, -0.2) is 58.3 Å². The zero-order valence-electron chi connectivity index (χ0n) is 17.2. The third-order valence-electron chi connectivity index (χ3n) is 6.21. The molecular weight excluding hydrogens is 406 g/mol. The highest BCUT2D eigenvalue weighted by Crippen LogP contribution is 2.27. The summed E-state index contributed by atoms with van der Waals surface area (Å²) < 4.78 is 32.5. The fourth-order valence-corrected chi connectivity index (χ4v) is 4.59. The molecule has 0 radical (unpaired) electrons.